The monoisotopic (exact) mass is 340 g/mol. The van der Waals surface area contributed by atoms with Crippen LogP contribution in [-0.4, -0.2) is 23.0 Å². The van der Waals surface area contributed by atoms with Crippen molar-refractivity contribution in [2.75, 3.05) is 5.32 Å². The van der Waals surface area contributed by atoms with E-state index in [2.05, 4.69) is 10.4 Å². The summed E-state index contributed by atoms with van der Waals surface area (Å²) in [6.07, 6.45) is 1.98. The van der Waals surface area contributed by atoms with E-state index in [0.717, 1.165) is 18.2 Å². The number of carbonyl (C=O) groups excluding carboxylic acids is 2. The molecule has 8 heteroatoms. The smallest absolute Gasteiger partial charge is 0.318 e. The number of hydrogen-bond donors (Lipinski definition) is 2. The number of aryl methyl sites for hydroxylation is 1. The first-order valence-corrected chi connectivity index (χ1v) is 7.48. The van der Waals surface area contributed by atoms with Gasteiger partial charge in [-0.2, -0.15) is 5.10 Å². The lowest BCUT2D eigenvalue weighted by Gasteiger charge is -2.04. The molecular weight excluding hydrogens is 324 g/mol. The number of carbonyl (C=O) groups is 2. The van der Waals surface area contributed by atoms with Gasteiger partial charge in [-0.05, 0) is 30.2 Å². The minimum absolute atomic E-state index is 0.152. The van der Waals surface area contributed by atoms with Crippen LogP contribution in [-0.2, 0) is 16.0 Å². The van der Waals surface area contributed by atoms with Gasteiger partial charge in [-0.15, -0.1) is 0 Å². The minimum atomic E-state index is -0.977. The summed E-state index contributed by atoms with van der Waals surface area (Å²) in [7, 11) is 0. The Morgan fingerprint density at radius 2 is 1.80 bits per heavy atom. The van der Waals surface area contributed by atoms with Gasteiger partial charge in [-0.25, -0.2) is 5.43 Å². The SMILES string of the molecule is CCc1ccc(NC(=O)C(=O)N/N=C/c2ccccc2[N+](=O)[O-])cc1. The third-order valence-electron chi connectivity index (χ3n) is 3.33. The number of rotatable bonds is 5. The molecule has 2 aromatic rings. The van der Waals surface area contributed by atoms with Crippen molar-refractivity contribution in [3.05, 3.63) is 69.8 Å². The highest BCUT2D eigenvalue weighted by Crippen LogP contribution is 2.15. The molecule has 0 aliphatic carbocycles. The lowest BCUT2D eigenvalue weighted by atomic mass is 10.1. The number of amides is 2. The van der Waals surface area contributed by atoms with Crippen molar-refractivity contribution < 1.29 is 14.5 Å². The second-order valence-corrected chi connectivity index (χ2v) is 5.02. The number of anilines is 1. The van der Waals surface area contributed by atoms with Crippen molar-refractivity contribution in [2.24, 2.45) is 5.10 Å². The van der Waals surface area contributed by atoms with Gasteiger partial charge in [0.05, 0.1) is 16.7 Å². The van der Waals surface area contributed by atoms with Crippen molar-refractivity contribution in [1.29, 1.82) is 0 Å². The number of hydrazone groups is 1. The summed E-state index contributed by atoms with van der Waals surface area (Å²) in [6.45, 7) is 2.01. The molecule has 2 N–H and O–H groups in total. The fourth-order valence-electron chi connectivity index (χ4n) is 1.99. The first kappa shape index (κ1) is 17.8. The van der Waals surface area contributed by atoms with Gasteiger partial charge in [0.2, 0.25) is 0 Å². The zero-order chi connectivity index (χ0) is 18.2. The molecule has 0 spiro atoms. The van der Waals surface area contributed by atoms with E-state index in [-0.39, 0.29) is 11.3 Å². The third-order valence-corrected chi connectivity index (χ3v) is 3.33. The van der Waals surface area contributed by atoms with E-state index in [1.807, 2.05) is 24.5 Å². The molecule has 25 heavy (non-hydrogen) atoms. The minimum Gasteiger partial charge on any atom is -0.318 e. The third kappa shape index (κ3) is 4.96. The fourth-order valence-corrected chi connectivity index (χ4v) is 1.99. The maximum atomic E-state index is 11.8. The number of nitrogens with zero attached hydrogens (tertiary/aromatic N) is 2. The molecule has 0 saturated heterocycles. The van der Waals surface area contributed by atoms with Gasteiger partial charge in [-0.3, -0.25) is 19.7 Å². The van der Waals surface area contributed by atoms with Crippen LogP contribution in [0.15, 0.2) is 53.6 Å². The summed E-state index contributed by atoms with van der Waals surface area (Å²) in [4.78, 5) is 33.8. The van der Waals surface area contributed by atoms with Gasteiger partial charge in [0, 0.05) is 11.8 Å². The quantitative estimate of drug-likeness (QED) is 0.376. The highest BCUT2D eigenvalue weighted by molar-refractivity contribution is 6.39. The average molecular weight is 340 g/mol. The lowest BCUT2D eigenvalue weighted by molar-refractivity contribution is -0.385. The predicted molar refractivity (Wildman–Crippen MR) is 93.3 cm³/mol. The van der Waals surface area contributed by atoms with Gasteiger partial charge < -0.3 is 5.32 Å². The van der Waals surface area contributed by atoms with Gasteiger partial charge in [-0.1, -0.05) is 31.2 Å². The number of nitro groups is 1. The van der Waals surface area contributed by atoms with E-state index in [1.165, 1.54) is 18.2 Å². The van der Waals surface area contributed by atoms with Crippen LogP contribution in [0.1, 0.15) is 18.1 Å². The number of nitro benzene ring substituents is 1. The Morgan fingerprint density at radius 3 is 2.44 bits per heavy atom. The molecule has 128 valence electrons. The van der Waals surface area contributed by atoms with Crippen molar-refractivity contribution in [3.63, 3.8) is 0 Å². The molecule has 0 heterocycles. The zero-order valence-electron chi connectivity index (χ0n) is 13.4. The maximum Gasteiger partial charge on any atom is 0.329 e. The molecule has 8 nitrogen and oxygen atoms in total. The summed E-state index contributed by atoms with van der Waals surface area (Å²) in [6, 6.07) is 13.0. The molecule has 0 fully saturated rings. The second kappa shape index (κ2) is 8.34. The molecule has 0 bridgehead atoms. The Balaban J connectivity index is 1.95. The molecule has 0 radical (unpaired) electrons. The van der Waals surface area contributed by atoms with E-state index in [0.29, 0.717) is 5.69 Å². The van der Waals surface area contributed by atoms with Gasteiger partial charge >= 0.3 is 11.8 Å². The predicted octanol–water partition coefficient (Wildman–Crippen LogP) is 2.25. The molecule has 0 saturated carbocycles. The Bertz CT molecular complexity index is 816. The molecule has 0 aliphatic heterocycles. The first-order chi connectivity index (χ1) is 12.0. The van der Waals surface area contributed by atoms with Gasteiger partial charge in [0.25, 0.3) is 5.69 Å². The Labute approximate surface area is 143 Å². The normalized spacial score (nSPS) is 10.4. The van der Waals surface area contributed by atoms with Crippen LogP contribution in [0.25, 0.3) is 0 Å². The van der Waals surface area contributed by atoms with Crippen LogP contribution in [0.3, 0.4) is 0 Å². The lowest BCUT2D eigenvalue weighted by Crippen LogP contribution is -2.32. The van der Waals surface area contributed by atoms with Crippen LogP contribution >= 0.6 is 0 Å². The standard InChI is InChI=1S/C17H16N4O4/c1-2-12-7-9-14(10-8-12)19-16(22)17(23)20-18-11-13-5-3-4-6-15(13)21(24)25/h3-11H,2H2,1H3,(H,19,22)(H,20,23)/b18-11+. The molecule has 0 aliphatic rings. The van der Waals surface area contributed by atoms with Crippen LogP contribution in [0.5, 0.6) is 0 Å². The molecule has 2 amide bonds. The molecule has 0 aromatic heterocycles. The van der Waals surface area contributed by atoms with Crippen molar-refractivity contribution >= 4 is 29.4 Å². The largest absolute Gasteiger partial charge is 0.329 e. The molecular formula is C17H16N4O4. The Morgan fingerprint density at radius 1 is 1.12 bits per heavy atom. The Kier molecular flexibility index (Phi) is 5.94. The summed E-state index contributed by atoms with van der Waals surface area (Å²) >= 11 is 0. The molecule has 2 aromatic carbocycles. The topological polar surface area (TPSA) is 114 Å². The van der Waals surface area contributed by atoms with E-state index >= 15 is 0 Å². The second-order valence-electron chi connectivity index (χ2n) is 5.02. The Hall–Kier alpha value is -3.55. The van der Waals surface area contributed by atoms with Crippen LogP contribution < -0.4 is 10.7 Å². The maximum absolute atomic E-state index is 11.8. The van der Waals surface area contributed by atoms with E-state index in [1.54, 1.807) is 18.2 Å². The fraction of sp³-hybridized carbons (Fsp3) is 0.118. The van der Waals surface area contributed by atoms with E-state index in [4.69, 9.17) is 0 Å². The first-order valence-electron chi connectivity index (χ1n) is 7.48. The summed E-state index contributed by atoms with van der Waals surface area (Å²) in [5.74, 6) is -1.86. The van der Waals surface area contributed by atoms with Crippen molar-refractivity contribution in [2.45, 2.75) is 13.3 Å². The van der Waals surface area contributed by atoms with Crippen LogP contribution in [0.4, 0.5) is 11.4 Å². The summed E-state index contributed by atoms with van der Waals surface area (Å²) in [5.41, 5.74) is 3.69. The number of para-hydroxylation sites is 1. The summed E-state index contributed by atoms with van der Waals surface area (Å²) < 4.78 is 0. The highest BCUT2D eigenvalue weighted by Gasteiger charge is 2.14. The van der Waals surface area contributed by atoms with Crippen molar-refractivity contribution in [3.8, 4) is 0 Å². The van der Waals surface area contributed by atoms with Gasteiger partial charge in [0.1, 0.15) is 0 Å². The van der Waals surface area contributed by atoms with E-state index < -0.39 is 16.7 Å². The van der Waals surface area contributed by atoms with E-state index in [9.17, 15) is 19.7 Å². The zero-order valence-corrected chi connectivity index (χ0v) is 13.4. The molecule has 0 unspecified atom stereocenters. The summed E-state index contributed by atoms with van der Waals surface area (Å²) in [5, 5.41) is 16.9. The highest BCUT2D eigenvalue weighted by atomic mass is 16.6. The average Bonchev–Trinajstić information content (AvgIpc) is 2.62. The van der Waals surface area contributed by atoms with Gasteiger partial charge in [0.15, 0.2) is 0 Å². The molecule has 0 atom stereocenters. The molecule has 2 rings (SSSR count). The van der Waals surface area contributed by atoms with Crippen LogP contribution in [0, 0.1) is 10.1 Å². The van der Waals surface area contributed by atoms with Crippen molar-refractivity contribution in [1.82, 2.24) is 5.43 Å². The van der Waals surface area contributed by atoms with Crippen LogP contribution in [0.2, 0.25) is 0 Å². The number of benzene rings is 2. The number of nitrogens with one attached hydrogen (secondary N) is 2. The number of hydrogen-bond acceptors (Lipinski definition) is 5.